The molecular formula is C18H14F2O3S. The Balaban J connectivity index is 2.13. The van der Waals surface area contributed by atoms with E-state index in [4.69, 9.17) is 0 Å². The van der Waals surface area contributed by atoms with Gasteiger partial charge in [0, 0.05) is 24.3 Å². The minimum atomic E-state index is -3.33. The van der Waals surface area contributed by atoms with Gasteiger partial charge in [-0.05, 0) is 47.4 Å². The fraction of sp³-hybridized carbons (Fsp3) is 0.167. The number of Topliss-reactive ketones (excluding diaryl/α,β-unsaturated/α-hetero) is 1. The first-order chi connectivity index (χ1) is 11.3. The van der Waals surface area contributed by atoms with Crippen molar-refractivity contribution in [2.45, 2.75) is 17.7 Å². The van der Waals surface area contributed by atoms with Crippen LogP contribution in [0.3, 0.4) is 0 Å². The number of allylic oxidation sites excluding steroid dienone is 2. The number of carbonyl (C=O) groups is 1. The first kappa shape index (κ1) is 16.5. The zero-order valence-corrected chi connectivity index (χ0v) is 13.7. The van der Waals surface area contributed by atoms with E-state index >= 15 is 0 Å². The topological polar surface area (TPSA) is 51.2 Å². The quantitative estimate of drug-likeness (QED) is 0.851. The van der Waals surface area contributed by atoms with Gasteiger partial charge in [0.15, 0.2) is 15.6 Å². The largest absolute Gasteiger partial charge is 0.294 e. The third kappa shape index (κ3) is 3.14. The van der Waals surface area contributed by atoms with E-state index < -0.39 is 21.5 Å². The summed E-state index contributed by atoms with van der Waals surface area (Å²) in [4.78, 5) is 12.4. The maximum Gasteiger partial charge on any atom is 0.175 e. The Hall–Kier alpha value is -2.34. The molecule has 124 valence electrons. The molecule has 0 saturated heterocycles. The van der Waals surface area contributed by atoms with Crippen molar-refractivity contribution < 1.29 is 22.0 Å². The van der Waals surface area contributed by atoms with Gasteiger partial charge in [-0.15, -0.1) is 0 Å². The SMILES string of the molecule is CS(=O)(=O)c1ccc(C2=C(c3cc(F)cc(F)c3)CCC2=O)cc1. The van der Waals surface area contributed by atoms with Crippen molar-refractivity contribution in [2.75, 3.05) is 6.26 Å². The van der Waals surface area contributed by atoms with Gasteiger partial charge in [-0.25, -0.2) is 17.2 Å². The molecule has 0 spiro atoms. The summed E-state index contributed by atoms with van der Waals surface area (Å²) in [6.07, 6.45) is 1.75. The van der Waals surface area contributed by atoms with Crippen LogP contribution in [-0.2, 0) is 14.6 Å². The van der Waals surface area contributed by atoms with E-state index in [9.17, 15) is 22.0 Å². The molecule has 0 unspecified atom stereocenters. The van der Waals surface area contributed by atoms with Gasteiger partial charge in [-0.1, -0.05) is 12.1 Å². The molecule has 0 saturated carbocycles. The molecule has 0 aromatic heterocycles. The summed E-state index contributed by atoms with van der Waals surface area (Å²) in [6, 6.07) is 9.11. The second-order valence-corrected chi connectivity index (χ2v) is 7.75. The molecule has 0 N–H and O–H groups in total. The third-order valence-electron chi connectivity index (χ3n) is 3.96. The van der Waals surface area contributed by atoms with Gasteiger partial charge in [0.25, 0.3) is 0 Å². The average molecular weight is 348 g/mol. The third-order valence-corrected chi connectivity index (χ3v) is 5.09. The molecule has 24 heavy (non-hydrogen) atoms. The lowest BCUT2D eigenvalue weighted by atomic mass is 9.96. The second-order valence-electron chi connectivity index (χ2n) is 5.73. The highest BCUT2D eigenvalue weighted by atomic mass is 32.2. The van der Waals surface area contributed by atoms with Crippen molar-refractivity contribution in [1.29, 1.82) is 0 Å². The van der Waals surface area contributed by atoms with Crippen LogP contribution >= 0.6 is 0 Å². The summed E-state index contributed by atoms with van der Waals surface area (Å²) in [7, 11) is -3.33. The first-order valence-electron chi connectivity index (χ1n) is 7.29. The van der Waals surface area contributed by atoms with Crippen molar-refractivity contribution in [3.63, 3.8) is 0 Å². The molecule has 0 atom stereocenters. The smallest absolute Gasteiger partial charge is 0.175 e. The van der Waals surface area contributed by atoms with Crippen LogP contribution in [0.5, 0.6) is 0 Å². The lowest BCUT2D eigenvalue weighted by molar-refractivity contribution is -0.113. The maximum atomic E-state index is 13.5. The monoisotopic (exact) mass is 348 g/mol. The Kier molecular flexibility index (Phi) is 4.09. The van der Waals surface area contributed by atoms with Gasteiger partial charge in [-0.3, -0.25) is 4.79 Å². The minimum Gasteiger partial charge on any atom is -0.294 e. The molecule has 3 nitrogen and oxygen atoms in total. The van der Waals surface area contributed by atoms with Crippen molar-refractivity contribution >= 4 is 26.8 Å². The van der Waals surface area contributed by atoms with E-state index in [1.807, 2.05) is 0 Å². The predicted molar refractivity (Wildman–Crippen MR) is 87.0 cm³/mol. The van der Waals surface area contributed by atoms with E-state index in [2.05, 4.69) is 0 Å². The fourth-order valence-corrected chi connectivity index (χ4v) is 3.51. The van der Waals surface area contributed by atoms with Gasteiger partial charge < -0.3 is 0 Å². The summed E-state index contributed by atoms with van der Waals surface area (Å²) >= 11 is 0. The predicted octanol–water partition coefficient (Wildman–Crippen LogP) is 3.64. The molecule has 0 bridgehead atoms. The van der Waals surface area contributed by atoms with Gasteiger partial charge in [0.2, 0.25) is 0 Å². The molecule has 0 radical (unpaired) electrons. The highest BCUT2D eigenvalue weighted by molar-refractivity contribution is 7.90. The fourth-order valence-electron chi connectivity index (χ4n) is 2.88. The number of hydrogen-bond donors (Lipinski definition) is 0. The van der Waals surface area contributed by atoms with Crippen molar-refractivity contribution in [1.82, 2.24) is 0 Å². The van der Waals surface area contributed by atoms with E-state index in [1.165, 1.54) is 24.3 Å². The molecule has 2 aromatic carbocycles. The highest BCUT2D eigenvalue weighted by Gasteiger charge is 2.26. The number of benzene rings is 2. The molecule has 0 heterocycles. The molecule has 0 aliphatic heterocycles. The molecule has 2 aromatic rings. The van der Waals surface area contributed by atoms with Crippen LogP contribution in [0.1, 0.15) is 24.0 Å². The highest BCUT2D eigenvalue weighted by Crippen LogP contribution is 2.38. The van der Waals surface area contributed by atoms with Crippen molar-refractivity contribution in [3.8, 4) is 0 Å². The molecule has 1 aliphatic rings. The van der Waals surface area contributed by atoms with Crippen molar-refractivity contribution in [2.24, 2.45) is 0 Å². The minimum absolute atomic E-state index is 0.123. The van der Waals surface area contributed by atoms with Gasteiger partial charge in [-0.2, -0.15) is 0 Å². The molecular weight excluding hydrogens is 334 g/mol. The number of rotatable bonds is 3. The molecule has 3 rings (SSSR count). The van der Waals surface area contributed by atoms with Gasteiger partial charge in [0.05, 0.1) is 4.90 Å². The maximum absolute atomic E-state index is 13.5. The Morgan fingerprint density at radius 3 is 2.00 bits per heavy atom. The Labute approximate surface area is 138 Å². The van der Waals surface area contributed by atoms with E-state index in [0.29, 0.717) is 28.7 Å². The van der Waals surface area contributed by atoms with E-state index in [1.54, 1.807) is 12.1 Å². The van der Waals surface area contributed by atoms with Crippen LogP contribution < -0.4 is 0 Å². The van der Waals surface area contributed by atoms with Crippen LogP contribution in [-0.4, -0.2) is 20.5 Å². The Morgan fingerprint density at radius 1 is 0.875 bits per heavy atom. The summed E-state index contributed by atoms with van der Waals surface area (Å²) in [5.74, 6) is -1.53. The molecule has 0 fully saturated rings. The first-order valence-corrected chi connectivity index (χ1v) is 9.18. The van der Waals surface area contributed by atoms with Crippen LogP contribution in [0.15, 0.2) is 47.4 Å². The molecule has 1 aliphatic carbocycles. The normalized spacial score (nSPS) is 15.2. The van der Waals surface area contributed by atoms with Crippen LogP contribution in [0.25, 0.3) is 11.1 Å². The summed E-state index contributed by atoms with van der Waals surface area (Å²) in [5.41, 5.74) is 1.84. The number of halogens is 2. The zero-order chi connectivity index (χ0) is 17.5. The van der Waals surface area contributed by atoms with E-state index in [-0.39, 0.29) is 17.1 Å². The Morgan fingerprint density at radius 2 is 1.46 bits per heavy atom. The molecule has 0 amide bonds. The van der Waals surface area contributed by atoms with E-state index in [0.717, 1.165) is 12.3 Å². The van der Waals surface area contributed by atoms with Gasteiger partial charge in [0.1, 0.15) is 11.6 Å². The summed E-state index contributed by atoms with van der Waals surface area (Å²) in [5, 5.41) is 0. The van der Waals surface area contributed by atoms with Crippen LogP contribution in [0, 0.1) is 11.6 Å². The van der Waals surface area contributed by atoms with Crippen LogP contribution in [0.2, 0.25) is 0 Å². The lowest BCUT2D eigenvalue weighted by Gasteiger charge is -2.09. The summed E-state index contributed by atoms with van der Waals surface area (Å²) in [6.45, 7) is 0. The zero-order valence-electron chi connectivity index (χ0n) is 12.8. The lowest BCUT2D eigenvalue weighted by Crippen LogP contribution is -1.99. The summed E-state index contributed by atoms with van der Waals surface area (Å²) < 4.78 is 50.0. The average Bonchev–Trinajstić information content (AvgIpc) is 2.87. The standard InChI is InChI=1S/C18H14F2O3S/c1-24(22,23)15-4-2-11(3-5-15)18-16(6-7-17(18)21)12-8-13(19)10-14(20)9-12/h2-5,8-10H,6-7H2,1H3. The number of sulfone groups is 1. The number of carbonyl (C=O) groups excluding carboxylic acids is 1. The Bertz CT molecular complexity index is 938. The molecule has 6 heteroatoms. The van der Waals surface area contributed by atoms with Crippen molar-refractivity contribution in [3.05, 3.63) is 65.2 Å². The number of ketones is 1. The van der Waals surface area contributed by atoms with Crippen LogP contribution in [0.4, 0.5) is 8.78 Å². The second kappa shape index (κ2) is 5.94. The number of hydrogen-bond acceptors (Lipinski definition) is 3. The van der Waals surface area contributed by atoms with Gasteiger partial charge >= 0.3 is 0 Å².